The Hall–Kier alpha value is -3.05. The molecule has 0 saturated carbocycles. The van der Waals surface area contributed by atoms with E-state index in [1.165, 1.54) is 5.56 Å². The van der Waals surface area contributed by atoms with Gasteiger partial charge < -0.3 is 19.5 Å². The summed E-state index contributed by atoms with van der Waals surface area (Å²) in [5.74, 6) is 2.35. The van der Waals surface area contributed by atoms with E-state index in [1.807, 2.05) is 49.4 Å². The smallest absolute Gasteiger partial charge is 0.161 e. The Kier molecular flexibility index (Phi) is 7.27. The number of benzene rings is 2. The largest absolute Gasteiger partial charge is 0.494 e. The Bertz CT molecular complexity index is 869. The molecule has 0 radical (unpaired) electrons. The van der Waals surface area contributed by atoms with Gasteiger partial charge in [0.25, 0.3) is 0 Å². The molecule has 2 aromatic carbocycles. The molecular weight excluding hydrogens is 352 g/mol. The van der Waals surface area contributed by atoms with Crippen molar-refractivity contribution in [3.8, 4) is 17.2 Å². The van der Waals surface area contributed by atoms with Crippen LogP contribution in [0.1, 0.15) is 23.6 Å². The quantitative estimate of drug-likeness (QED) is 0.568. The van der Waals surface area contributed by atoms with Gasteiger partial charge in [-0.2, -0.15) is 0 Å². The Morgan fingerprint density at radius 1 is 0.857 bits per heavy atom. The van der Waals surface area contributed by atoms with Gasteiger partial charge in [-0.3, -0.25) is 4.98 Å². The van der Waals surface area contributed by atoms with Crippen molar-refractivity contribution in [2.24, 2.45) is 0 Å². The van der Waals surface area contributed by atoms with Crippen LogP contribution >= 0.6 is 0 Å². The fourth-order valence-corrected chi connectivity index (χ4v) is 2.85. The summed E-state index contributed by atoms with van der Waals surface area (Å²) in [6, 6.07) is 18.0. The SMILES string of the molecule is CCOc1cccc(CNCc2ccc(OC)c(OCc3cccnc3)c2)c1. The number of ether oxygens (including phenoxy) is 3. The molecule has 3 rings (SSSR count). The van der Waals surface area contributed by atoms with Gasteiger partial charge in [0.1, 0.15) is 12.4 Å². The van der Waals surface area contributed by atoms with Crippen molar-refractivity contribution in [1.29, 1.82) is 0 Å². The summed E-state index contributed by atoms with van der Waals surface area (Å²) in [6.45, 7) is 4.60. The molecule has 5 nitrogen and oxygen atoms in total. The zero-order valence-corrected chi connectivity index (χ0v) is 16.4. The molecule has 0 amide bonds. The van der Waals surface area contributed by atoms with Gasteiger partial charge >= 0.3 is 0 Å². The summed E-state index contributed by atoms with van der Waals surface area (Å²) in [7, 11) is 1.65. The molecule has 5 heteroatoms. The van der Waals surface area contributed by atoms with Crippen molar-refractivity contribution in [2.75, 3.05) is 13.7 Å². The third-order valence-electron chi connectivity index (χ3n) is 4.21. The van der Waals surface area contributed by atoms with Crippen LogP contribution in [0.15, 0.2) is 67.0 Å². The van der Waals surface area contributed by atoms with Crippen molar-refractivity contribution in [1.82, 2.24) is 10.3 Å². The van der Waals surface area contributed by atoms with Gasteiger partial charge in [-0.25, -0.2) is 0 Å². The van der Waals surface area contributed by atoms with E-state index in [1.54, 1.807) is 19.5 Å². The molecule has 0 aliphatic carbocycles. The lowest BCUT2D eigenvalue weighted by molar-refractivity contribution is 0.283. The van der Waals surface area contributed by atoms with Crippen LogP contribution in [-0.4, -0.2) is 18.7 Å². The molecule has 3 aromatic rings. The first-order valence-electron chi connectivity index (χ1n) is 9.39. The Morgan fingerprint density at radius 3 is 2.43 bits per heavy atom. The monoisotopic (exact) mass is 378 g/mol. The van der Waals surface area contributed by atoms with E-state index in [2.05, 4.69) is 22.4 Å². The summed E-state index contributed by atoms with van der Waals surface area (Å²) in [4.78, 5) is 4.11. The number of nitrogens with zero attached hydrogens (tertiary/aromatic N) is 1. The first-order chi connectivity index (χ1) is 13.8. The number of hydrogen-bond acceptors (Lipinski definition) is 5. The van der Waals surface area contributed by atoms with E-state index in [0.717, 1.165) is 41.5 Å². The first kappa shape index (κ1) is 19.7. The molecule has 28 heavy (non-hydrogen) atoms. The number of methoxy groups -OCH3 is 1. The molecular formula is C23H26N2O3. The van der Waals surface area contributed by atoms with Gasteiger partial charge in [-0.15, -0.1) is 0 Å². The van der Waals surface area contributed by atoms with Crippen LogP contribution in [0.25, 0.3) is 0 Å². The second-order valence-electron chi connectivity index (χ2n) is 6.32. The summed E-state index contributed by atoms with van der Waals surface area (Å²) >= 11 is 0. The average Bonchev–Trinajstić information content (AvgIpc) is 2.74. The highest BCUT2D eigenvalue weighted by Crippen LogP contribution is 2.29. The third kappa shape index (κ3) is 5.72. The predicted octanol–water partition coefficient (Wildman–Crippen LogP) is 4.36. The van der Waals surface area contributed by atoms with Crippen LogP contribution in [0, 0.1) is 0 Å². The molecule has 0 atom stereocenters. The van der Waals surface area contributed by atoms with E-state index in [-0.39, 0.29) is 0 Å². The van der Waals surface area contributed by atoms with Crippen molar-refractivity contribution < 1.29 is 14.2 Å². The minimum atomic E-state index is 0.450. The fraction of sp³-hybridized carbons (Fsp3) is 0.261. The second-order valence-corrected chi connectivity index (χ2v) is 6.32. The maximum absolute atomic E-state index is 5.95. The minimum Gasteiger partial charge on any atom is -0.494 e. The topological polar surface area (TPSA) is 52.6 Å². The molecule has 146 valence electrons. The van der Waals surface area contributed by atoms with Crippen LogP contribution < -0.4 is 19.5 Å². The van der Waals surface area contributed by atoms with E-state index in [0.29, 0.717) is 13.2 Å². The second kappa shape index (κ2) is 10.3. The first-order valence-corrected chi connectivity index (χ1v) is 9.39. The van der Waals surface area contributed by atoms with Gasteiger partial charge in [-0.1, -0.05) is 24.3 Å². The van der Waals surface area contributed by atoms with E-state index in [4.69, 9.17) is 14.2 Å². The van der Waals surface area contributed by atoms with Gasteiger partial charge in [-0.05, 0) is 48.4 Å². The highest BCUT2D eigenvalue weighted by molar-refractivity contribution is 5.43. The standard InChI is InChI=1S/C23H26N2O3/c1-3-27-21-8-4-6-18(12-21)14-25-15-19-9-10-22(26-2)23(13-19)28-17-20-7-5-11-24-16-20/h4-13,16,25H,3,14-15,17H2,1-2H3. The van der Waals surface area contributed by atoms with Crippen LogP contribution in [-0.2, 0) is 19.7 Å². The number of nitrogens with one attached hydrogen (secondary N) is 1. The molecule has 0 fully saturated rings. The maximum Gasteiger partial charge on any atom is 0.161 e. The van der Waals surface area contributed by atoms with Crippen molar-refractivity contribution in [2.45, 2.75) is 26.6 Å². The lowest BCUT2D eigenvalue weighted by Gasteiger charge is -2.13. The van der Waals surface area contributed by atoms with E-state index < -0.39 is 0 Å². The van der Waals surface area contributed by atoms with E-state index in [9.17, 15) is 0 Å². The zero-order valence-electron chi connectivity index (χ0n) is 16.4. The number of aromatic nitrogens is 1. The molecule has 0 aliphatic rings. The lowest BCUT2D eigenvalue weighted by Crippen LogP contribution is -2.13. The van der Waals surface area contributed by atoms with Gasteiger partial charge in [0.05, 0.1) is 13.7 Å². The highest BCUT2D eigenvalue weighted by atomic mass is 16.5. The molecule has 0 spiro atoms. The Balaban J connectivity index is 1.58. The molecule has 0 aliphatic heterocycles. The van der Waals surface area contributed by atoms with Crippen LogP contribution in [0.2, 0.25) is 0 Å². The van der Waals surface area contributed by atoms with Gasteiger partial charge in [0, 0.05) is 31.0 Å². The van der Waals surface area contributed by atoms with Crippen molar-refractivity contribution >= 4 is 0 Å². The normalized spacial score (nSPS) is 10.5. The van der Waals surface area contributed by atoms with Gasteiger partial charge in [0.15, 0.2) is 11.5 Å². The van der Waals surface area contributed by atoms with Crippen LogP contribution in [0.4, 0.5) is 0 Å². The van der Waals surface area contributed by atoms with Crippen LogP contribution in [0.5, 0.6) is 17.2 Å². The van der Waals surface area contributed by atoms with E-state index >= 15 is 0 Å². The molecule has 0 unspecified atom stereocenters. The third-order valence-corrected chi connectivity index (χ3v) is 4.21. The number of pyridine rings is 1. The fourth-order valence-electron chi connectivity index (χ4n) is 2.85. The maximum atomic E-state index is 5.95. The minimum absolute atomic E-state index is 0.450. The molecule has 0 saturated heterocycles. The number of rotatable bonds is 10. The zero-order chi connectivity index (χ0) is 19.6. The summed E-state index contributed by atoms with van der Waals surface area (Å²) in [5, 5.41) is 3.46. The molecule has 1 heterocycles. The number of hydrogen-bond donors (Lipinski definition) is 1. The Morgan fingerprint density at radius 2 is 1.68 bits per heavy atom. The predicted molar refractivity (Wildman–Crippen MR) is 110 cm³/mol. The average molecular weight is 378 g/mol. The molecule has 0 bridgehead atoms. The van der Waals surface area contributed by atoms with Crippen LogP contribution in [0.3, 0.4) is 0 Å². The summed E-state index contributed by atoms with van der Waals surface area (Å²) < 4.78 is 16.9. The summed E-state index contributed by atoms with van der Waals surface area (Å²) in [5.41, 5.74) is 3.33. The highest BCUT2D eigenvalue weighted by Gasteiger charge is 2.07. The van der Waals surface area contributed by atoms with Crippen molar-refractivity contribution in [3.05, 3.63) is 83.7 Å². The summed E-state index contributed by atoms with van der Waals surface area (Å²) in [6.07, 6.45) is 3.55. The van der Waals surface area contributed by atoms with Crippen molar-refractivity contribution in [3.63, 3.8) is 0 Å². The molecule has 1 N–H and O–H groups in total. The molecule has 1 aromatic heterocycles. The lowest BCUT2D eigenvalue weighted by atomic mass is 10.1. The Labute approximate surface area is 166 Å². The van der Waals surface area contributed by atoms with Gasteiger partial charge in [0.2, 0.25) is 0 Å².